The highest BCUT2D eigenvalue weighted by atomic mass is 79.9. The number of hydrogen-bond donors (Lipinski definition) is 2. The number of rotatable bonds is 6. The molecule has 0 fully saturated rings. The second kappa shape index (κ2) is 7.68. The first-order valence-corrected chi connectivity index (χ1v) is 6.45. The summed E-state index contributed by atoms with van der Waals surface area (Å²) in [5.74, 6) is 1.24. The van der Waals surface area contributed by atoms with Gasteiger partial charge >= 0.3 is 6.03 Å². The highest BCUT2D eigenvalue weighted by molar-refractivity contribution is 9.10. The van der Waals surface area contributed by atoms with Crippen LogP contribution in [0.5, 0.6) is 11.5 Å². The highest BCUT2D eigenvalue weighted by Gasteiger charge is 2.12. The van der Waals surface area contributed by atoms with Crippen molar-refractivity contribution in [3.63, 3.8) is 0 Å². The summed E-state index contributed by atoms with van der Waals surface area (Å²) in [5, 5.41) is 5.37. The zero-order valence-electron chi connectivity index (χ0n) is 11.0. The number of nitrogens with one attached hydrogen (secondary N) is 2. The van der Waals surface area contributed by atoms with Gasteiger partial charge in [0.15, 0.2) is 11.5 Å². The SMILES string of the molecule is C=CCNC(=O)NCc1ccc(OC)c(OC)c1Br. The third kappa shape index (κ3) is 4.17. The fourth-order valence-corrected chi connectivity index (χ4v) is 2.10. The standard InChI is InChI=1S/C13H17BrN2O3/c1-4-7-15-13(17)16-8-9-5-6-10(18-2)12(19-3)11(9)14/h4-6H,1,7-8H2,2-3H3,(H2,15,16,17). The van der Waals surface area contributed by atoms with Gasteiger partial charge in [-0.2, -0.15) is 0 Å². The summed E-state index contributed by atoms with van der Waals surface area (Å²) < 4.78 is 11.2. The van der Waals surface area contributed by atoms with Crippen molar-refractivity contribution in [3.05, 3.63) is 34.8 Å². The monoisotopic (exact) mass is 328 g/mol. The molecule has 2 N–H and O–H groups in total. The number of carbonyl (C=O) groups is 1. The number of amides is 2. The lowest BCUT2D eigenvalue weighted by Gasteiger charge is -2.13. The molecular weight excluding hydrogens is 312 g/mol. The average Bonchev–Trinajstić information content (AvgIpc) is 2.43. The topological polar surface area (TPSA) is 59.6 Å². The van der Waals surface area contributed by atoms with E-state index in [1.807, 2.05) is 6.07 Å². The largest absolute Gasteiger partial charge is 0.493 e. The fourth-order valence-electron chi connectivity index (χ4n) is 1.47. The molecule has 0 bridgehead atoms. The third-order valence-electron chi connectivity index (χ3n) is 2.41. The van der Waals surface area contributed by atoms with Crippen molar-refractivity contribution in [2.45, 2.75) is 6.54 Å². The Balaban J connectivity index is 2.74. The molecule has 1 aromatic rings. The van der Waals surface area contributed by atoms with E-state index >= 15 is 0 Å². The van der Waals surface area contributed by atoms with E-state index in [4.69, 9.17) is 9.47 Å². The normalized spacial score (nSPS) is 9.63. The van der Waals surface area contributed by atoms with E-state index < -0.39 is 0 Å². The maximum atomic E-state index is 11.4. The van der Waals surface area contributed by atoms with Crippen LogP contribution >= 0.6 is 15.9 Å². The lowest BCUT2D eigenvalue weighted by Crippen LogP contribution is -2.35. The van der Waals surface area contributed by atoms with Gasteiger partial charge in [-0.3, -0.25) is 0 Å². The molecule has 0 aliphatic carbocycles. The van der Waals surface area contributed by atoms with E-state index in [2.05, 4.69) is 33.1 Å². The highest BCUT2D eigenvalue weighted by Crippen LogP contribution is 2.37. The molecule has 0 radical (unpaired) electrons. The molecule has 6 heteroatoms. The quantitative estimate of drug-likeness (QED) is 0.788. The minimum atomic E-state index is -0.249. The van der Waals surface area contributed by atoms with Crippen LogP contribution in [0.15, 0.2) is 29.3 Å². The molecule has 0 atom stereocenters. The van der Waals surface area contributed by atoms with Crippen LogP contribution in [0, 0.1) is 0 Å². The van der Waals surface area contributed by atoms with Crippen molar-refractivity contribution < 1.29 is 14.3 Å². The van der Waals surface area contributed by atoms with Crippen molar-refractivity contribution in [2.75, 3.05) is 20.8 Å². The number of methoxy groups -OCH3 is 2. The summed E-state index contributed by atoms with van der Waals surface area (Å²) in [6, 6.07) is 3.41. The maximum absolute atomic E-state index is 11.4. The lowest BCUT2D eigenvalue weighted by atomic mass is 10.2. The fraction of sp³-hybridized carbons (Fsp3) is 0.308. The number of hydrogen-bond acceptors (Lipinski definition) is 3. The van der Waals surface area contributed by atoms with Crippen molar-refractivity contribution in [1.29, 1.82) is 0 Å². The van der Waals surface area contributed by atoms with Crippen LogP contribution < -0.4 is 20.1 Å². The molecule has 0 aromatic heterocycles. The van der Waals surface area contributed by atoms with Crippen LogP contribution in [-0.2, 0) is 6.54 Å². The van der Waals surface area contributed by atoms with Gasteiger partial charge in [0.2, 0.25) is 0 Å². The molecule has 104 valence electrons. The van der Waals surface area contributed by atoms with Crippen molar-refractivity contribution in [2.24, 2.45) is 0 Å². The Bertz CT molecular complexity index is 463. The van der Waals surface area contributed by atoms with E-state index in [0.29, 0.717) is 24.6 Å². The van der Waals surface area contributed by atoms with Crippen molar-refractivity contribution in [3.8, 4) is 11.5 Å². The Morgan fingerprint density at radius 2 is 2.11 bits per heavy atom. The van der Waals surface area contributed by atoms with Gasteiger partial charge in [-0.15, -0.1) is 6.58 Å². The predicted octanol–water partition coefficient (Wildman–Crippen LogP) is 2.45. The zero-order chi connectivity index (χ0) is 14.3. The van der Waals surface area contributed by atoms with E-state index in [0.717, 1.165) is 10.0 Å². The molecule has 1 rings (SSSR count). The molecule has 0 saturated carbocycles. The Labute approximate surface area is 121 Å². The smallest absolute Gasteiger partial charge is 0.315 e. The second-order valence-corrected chi connectivity index (χ2v) is 4.42. The summed E-state index contributed by atoms with van der Waals surface area (Å²) in [6.07, 6.45) is 1.62. The maximum Gasteiger partial charge on any atom is 0.315 e. The first kappa shape index (κ1) is 15.4. The molecular formula is C13H17BrN2O3. The molecule has 1 aromatic carbocycles. The minimum absolute atomic E-state index is 0.249. The molecule has 5 nitrogen and oxygen atoms in total. The Morgan fingerprint density at radius 1 is 1.37 bits per heavy atom. The summed E-state index contributed by atoms with van der Waals surface area (Å²) >= 11 is 3.44. The molecule has 0 unspecified atom stereocenters. The molecule has 0 aliphatic rings. The molecule has 0 aliphatic heterocycles. The molecule has 2 amide bonds. The van der Waals surface area contributed by atoms with E-state index in [1.165, 1.54) is 0 Å². The number of halogens is 1. The van der Waals surface area contributed by atoms with Crippen LogP contribution in [0.4, 0.5) is 4.79 Å². The predicted molar refractivity (Wildman–Crippen MR) is 77.7 cm³/mol. The van der Waals surface area contributed by atoms with Crippen LogP contribution in [0.2, 0.25) is 0 Å². The van der Waals surface area contributed by atoms with E-state index in [-0.39, 0.29) is 6.03 Å². The van der Waals surface area contributed by atoms with Crippen LogP contribution in [0.1, 0.15) is 5.56 Å². The number of urea groups is 1. The molecule has 0 heterocycles. The van der Waals surface area contributed by atoms with Gasteiger partial charge < -0.3 is 20.1 Å². The van der Waals surface area contributed by atoms with Gasteiger partial charge in [0.1, 0.15) is 0 Å². The number of carbonyl (C=O) groups excluding carboxylic acids is 1. The van der Waals surface area contributed by atoms with Gasteiger partial charge in [0.25, 0.3) is 0 Å². The van der Waals surface area contributed by atoms with E-state index in [1.54, 1.807) is 26.4 Å². The Morgan fingerprint density at radius 3 is 2.68 bits per heavy atom. The first-order chi connectivity index (χ1) is 9.13. The van der Waals surface area contributed by atoms with Crippen LogP contribution in [0.3, 0.4) is 0 Å². The number of benzene rings is 1. The molecule has 19 heavy (non-hydrogen) atoms. The van der Waals surface area contributed by atoms with E-state index in [9.17, 15) is 4.79 Å². The third-order valence-corrected chi connectivity index (χ3v) is 3.28. The number of ether oxygens (including phenoxy) is 2. The average molecular weight is 329 g/mol. The Hall–Kier alpha value is -1.69. The van der Waals surface area contributed by atoms with Gasteiger partial charge in [-0.25, -0.2) is 4.79 Å². The van der Waals surface area contributed by atoms with Crippen LogP contribution in [0.25, 0.3) is 0 Å². The van der Waals surface area contributed by atoms with Gasteiger partial charge in [-0.1, -0.05) is 12.1 Å². The van der Waals surface area contributed by atoms with Crippen molar-refractivity contribution in [1.82, 2.24) is 10.6 Å². The van der Waals surface area contributed by atoms with Gasteiger partial charge in [-0.05, 0) is 27.6 Å². The summed E-state index contributed by atoms with van der Waals surface area (Å²) in [7, 11) is 3.14. The van der Waals surface area contributed by atoms with Crippen molar-refractivity contribution >= 4 is 22.0 Å². The second-order valence-electron chi connectivity index (χ2n) is 3.63. The van der Waals surface area contributed by atoms with Gasteiger partial charge in [0.05, 0.1) is 18.7 Å². The minimum Gasteiger partial charge on any atom is -0.493 e. The van der Waals surface area contributed by atoms with Gasteiger partial charge in [0, 0.05) is 13.1 Å². The van der Waals surface area contributed by atoms with Crippen LogP contribution in [-0.4, -0.2) is 26.8 Å². The first-order valence-electron chi connectivity index (χ1n) is 5.66. The Kier molecular flexibility index (Phi) is 6.21. The lowest BCUT2D eigenvalue weighted by molar-refractivity contribution is 0.241. The summed E-state index contributed by atoms with van der Waals surface area (Å²) in [5.41, 5.74) is 0.895. The molecule has 0 saturated heterocycles. The zero-order valence-corrected chi connectivity index (χ0v) is 12.5. The molecule has 0 spiro atoms. The summed E-state index contributed by atoms with van der Waals surface area (Å²) in [6.45, 7) is 4.33. The summed E-state index contributed by atoms with van der Waals surface area (Å²) in [4.78, 5) is 11.4.